The number of halogens is 1. The highest BCUT2D eigenvalue weighted by molar-refractivity contribution is 6.30. The molecule has 1 aromatic rings. The first-order valence-electron chi connectivity index (χ1n) is 6.37. The molecule has 1 saturated heterocycles. The first kappa shape index (κ1) is 12.9. The molecule has 1 aliphatic rings. The van der Waals surface area contributed by atoms with E-state index < -0.39 is 0 Å². The van der Waals surface area contributed by atoms with E-state index in [1.165, 1.54) is 19.4 Å². The van der Waals surface area contributed by atoms with Crippen molar-refractivity contribution >= 4 is 11.6 Å². The van der Waals surface area contributed by atoms with E-state index in [9.17, 15) is 0 Å². The molecule has 0 radical (unpaired) electrons. The van der Waals surface area contributed by atoms with Gasteiger partial charge in [0, 0.05) is 11.6 Å². The number of benzene rings is 1. The van der Waals surface area contributed by atoms with Gasteiger partial charge in [-0.05, 0) is 56.0 Å². The van der Waals surface area contributed by atoms with Gasteiger partial charge in [0.05, 0.1) is 6.61 Å². The minimum absolute atomic E-state index is 0.667. The van der Waals surface area contributed by atoms with E-state index in [0.717, 1.165) is 36.1 Å². The number of hydrogen-bond acceptors (Lipinski definition) is 2. The molecule has 1 fully saturated rings. The Morgan fingerprint density at radius 1 is 1.41 bits per heavy atom. The van der Waals surface area contributed by atoms with Crippen molar-refractivity contribution in [2.45, 2.75) is 25.9 Å². The first-order chi connectivity index (χ1) is 8.34. The molecule has 1 aromatic carbocycles. The molecule has 2 nitrogen and oxygen atoms in total. The van der Waals surface area contributed by atoms with E-state index in [2.05, 4.69) is 5.32 Å². The van der Waals surface area contributed by atoms with Crippen molar-refractivity contribution in [3.05, 3.63) is 34.9 Å². The molecule has 0 aliphatic carbocycles. The molecule has 1 unspecified atom stereocenters. The highest BCUT2D eigenvalue weighted by atomic mass is 35.5. The van der Waals surface area contributed by atoms with Crippen molar-refractivity contribution in [1.82, 2.24) is 5.32 Å². The fourth-order valence-corrected chi connectivity index (χ4v) is 2.45. The SMILES string of the molecule is Clc1cccc(COCCC2CCCNC2)c1. The lowest BCUT2D eigenvalue weighted by molar-refractivity contribution is 0.103. The second kappa shape index (κ2) is 7.00. The summed E-state index contributed by atoms with van der Waals surface area (Å²) in [5, 5.41) is 4.21. The molecule has 0 saturated carbocycles. The number of ether oxygens (including phenoxy) is 1. The normalized spacial score (nSPS) is 20.4. The third-order valence-electron chi connectivity index (χ3n) is 3.23. The fourth-order valence-electron chi connectivity index (χ4n) is 2.24. The van der Waals surface area contributed by atoms with Gasteiger partial charge in [-0.15, -0.1) is 0 Å². The number of hydrogen-bond donors (Lipinski definition) is 1. The highest BCUT2D eigenvalue weighted by Crippen LogP contribution is 2.15. The van der Waals surface area contributed by atoms with Crippen LogP contribution in [0.2, 0.25) is 5.02 Å². The zero-order valence-corrected chi connectivity index (χ0v) is 10.9. The first-order valence-corrected chi connectivity index (χ1v) is 6.75. The molecule has 0 spiro atoms. The molecule has 94 valence electrons. The standard InChI is InChI=1S/C14H20ClNO/c15-14-5-1-3-13(9-14)11-17-8-6-12-4-2-7-16-10-12/h1,3,5,9,12,16H,2,4,6-8,10-11H2. The van der Waals surface area contributed by atoms with E-state index in [4.69, 9.17) is 16.3 Å². The van der Waals surface area contributed by atoms with E-state index in [0.29, 0.717) is 6.61 Å². The molecular formula is C14H20ClNO. The Morgan fingerprint density at radius 3 is 3.12 bits per heavy atom. The second-order valence-electron chi connectivity index (χ2n) is 4.68. The van der Waals surface area contributed by atoms with Gasteiger partial charge in [-0.1, -0.05) is 23.7 Å². The second-order valence-corrected chi connectivity index (χ2v) is 5.12. The zero-order valence-electron chi connectivity index (χ0n) is 10.1. The molecule has 0 bridgehead atoms. The summed E-state index contributed by atoms with van der Waals surface area (Å²) in [5.74, 6) is 0.795. The van der Waals surface area contributed by atoms with Crippen LogP contribution >= 0.6 is 11.6 Å². The van der Waals surface area contributed by atoms with Crippen molar-refractivity contribution in [3.63, 3.8) is 0 Å². The van der Waals surface area contributed by atoms with Crippen molar-refractivity contribution in [1.29, 1.82) is 0 Å². The average molecular weight is 254 g/mol. The molecule has 1 N–H and O–H groups in total. The van der Waals surface area contributed by atoms with Crippen LogP contribution in [0.25, 0.3) is 0 Å². The van der Waals surface area contributed by atoms with Crippen LogP contribution in [0.4, 0.5) is 0 Å². The minimum atomic E-state index is 0.667. The Kier molecular flexibility index (Phi) is 5.30. The summed E-state index contributed by atoms with van der Waals surface area (Å²) in [6, 6.07) is 7.86. The maximum Gasteiger partial charge on any atom is 0.0717 e. The summed E-state index contributed by atoms with van der Waals surface area (Å²) < 4.78 is 5.69. The topological polar surface area (TPSA) is 21.3 Å². The molecule has 3 heteroatoms. The maximum absolute atomic E-state index is 5.92. The van der Waals surface area contributed by atoms with Crippen LogP contribution in [0.5, 0.6) is 0 Å². The minimum Gasteiger partial charge on any atom is -0.377 e. The van der Waals surface area contributed by atoms with E-state index >= 15 is 0 Å². The van der Waals surface area contributed by atoms with Gasteiger partial charge in [0.15, 0.2) is 0 Å². The van der Waals surface area contributed by atoms with Crippen LogP contribution in [0.3, 0.4) is 0 Å². The van der Waals surface area contributed by atoms with Crippen LogP contribution in [0.15, 0.2) is 24.3 Å². The van der Waals surface area contributed by atoms with Crippen LogP contribution in [0, 0.1) is 5.92 Å². The summed E-state index contributed by atoms with van der Waals surface area (Å²) in [6.45, 7) is 3.85. The van der Waals surface area contributed by atoms with Crippen LogP contribution < -0.4 is 5.32 Å². The molecule has 0 aromatic heterocycles. The largest absolute Gasteiger partial charge is 0.377 e. The maximum atomic E-state index is 5.92. The molecule has 2 rings (SSSR count). The third kappa shape index (κ3) is 4.66. The van der Waals surface area contributed by atoms with Crippen LogP contribution in [0.1, 0.15) is 24.8 Å². The summed E-state index contributed by atoms with van der Waals surface area (Å²) >= 11 is 5.92. The van der Waals surface area contributed by atoms with Crippen molar-refractivity contribution in [2.24, 2.45) is 5.92 Å². The molecule has 0 amide bonds. The number of nitrogens with one attached hydrogen (secondary N) is 1. The molecular weight excluding hydrogens is 234 g/mol. The Labute approximate surface area is 108 Å². The Morgan fingerprint density at radius 2 is 2.35 bits per heavy atom. The van der Waals surface area contributed by atoms with Gasteiger partial charge in [-0.3, -0.25) is 0 Å². The number of rotatable bonds is 5. The van der Waals surface area contributed by atoms with Gasteiger partial charge in [0.1, 0.15) is 0 Å². The quantitative estimate of drug-likeness (QED) is 0.814. The fraction of sp³-hybridized carbons (Fsp3) is 0.571. The van der Waals surface area contributed by atoms with Crippen molar-refractivity contribution in [3.8, 4) is 0 Å². The van der Waals surface area contributed by atoms with Gasteiger partial charge >= 0.3 is 0 Å². The molecule has 1 atom stereocenters. The lowest BCUT2D eigenvalue weighted by Gasteiger charge is -2.22. The van der Waals surface area contributed by atoms with Gasteiger partial charge < -0.3 is 10.1 Å². The summed E-state index contributed by atoms with van der Waals surface area (Å²) in [5.41, 5.74) is 1.15. The monoisotopic (exact) mass is 253 g/mol. The van der Waals surface area contributed by atoms with Crippen molar-refractivity contribution in [2.75, 3.05) is 19.7 Å². The Bertz CT molecular complexity index is 337. The zero-order chi connectivity index (χ0) is 11.9. The highest BCUT2D eigenvalue weighted by Gasteiger charge is 2.12. The van der Waals surface area contributed by atoms with Crippen LogP contribution in [-0.4, -0.2) is 19.7 Å². The van der Waals surface area contributed by atoms with E-state index in [1.807, 2.05) is 24.3 Å². The van der Waals surface area contributed by atoms with Crippen LogP contribution in [-0.2, 0) is 11.3 Å². The molecule has 1 aliphatic heterocycles. The predicted molar refractivity (Wildman–Crippen MR) is 71.3 cm³/mol. The summed E-state index contributed by atoms with van der Waals surface area (Å²) in [6.07, 6.45) is 3.81. The van der Waals surface area contributed by atoms with E-state index in [1.54, 1.807) is 0 Å². The van der Waals surface area contributed by atoms with E-state index in [-0.39, 0.29) is 0 Å². The predicted octanol–water partition coefficient (Wildman–Crippen LogP) is 3.25. The average Bonchev–Trinajstić information content (AvgIpc) is 2.36. The molecule has 1 heterocycles. The lowest BCUT2D eigenvalue weighted by Crippen LogP contribution is -2.30. The van der Waals surface area contributed by atoms with Crippen molar-refractivity contribution < 1.29 is 4.74 Å². The summed E-state index contributed by atoms with van der Waals surface area (Å²) in [4.78, 5) is 0. The summed E-state index contributed by atoms with van der Waals surface area (Å²) in [7, 11) is 0. The van der Waals surface area contributed by atoms with Gasteiger partial charge in [-0.25, -0.2) is 0 Å². The lowest BCUT2D eigenvalue weighted by atomic mass is 9.97. The Balaban J connectivity index is 1.62. The number of piperidine rings is 1. The molecule has 17 heavy (non-hydrogen) atoms. The van der Waals surface area contributed by atoms with Gasteiger partial charge in [0.25, 0.3) is 0 Å². The van der Waals surface area contributed by atoms with Gasteiger partial charge in [-0.2, -0.15) is 0 Å². The third-order valence-corrected chi connectivity index (χ3v) is 3.46. The Hall–Kier alpha value is -0.570. The smallest absolute Gasteiger partial charge is 0.0717 e. The van der Waals surface area contributed by atoms with Gasteiger partial charge in [0.2, 0.25) is 0 Å².